The molecule has 0 bridgehead atoms. The number of hydrogen-bond donors (Lipinski definition) is 1. The van der Waals surface area contributed by atoms with Crippen LogP contribution in [0.25, 0.3) is 0 Å². The third-order valence-electron chi connectivity index (χ3n) is 2.22. The SMILES string of the molecule is CSCCC(N)Cc1c(F)cccc1Cl. The van der Waals surface area contributed by atoms with Crippen molar-refractivity contribution in [2.24, 2.45) is 5.73 Å². The maximum atomic E-state index is 13.4. The van der Waals surface area contributed by atoms with Crippen LogP contribution in [0.3, 0.4) is 0 Å². The van der Waals surface area contributed by atoms with Crippen molar-refractivity contribution in [2.45, 2.75) is 18.9 Å². The molecule has 1 aromatic rings. The molecule has 1 unspecified atom stereocenters. The molecule has 1 nitrogen and oxygen atoms in total. The van der Waals surface area contributed by atoms with Gasteiger partial charge in [0.15, 0.2) is 0 Å². The van der Waals surface area contributed by atoms with Gasteiger partial charge in [0, 0.05) is 16.6 Å². The van der Waals surface area contributed by atoms with Crippen LogP contribution in [0.2, 0.25) is 5.02 Å². The van der Waals surface area contributed by atoms with E-state index >= 15 is 0 Å². The van der Waals surface area contributed by atoms with Gasteiger partial charge in [0.25, 0.3) is 0 Å². The van der Waals surface area contributed by atoms with Crippen LogP contribution in [0.15, 0.2) is 18.2 Å². The molecule has 0 spiro atoms. The number of nitrogens with two attached hydrogens (primary N) is 1. The minimum Gasteiger partial charge on any atom is -0.327 e. The lowest BCUT2D eigenvalue weighted by atomic mass is 10.0. The molecular formula is C11H15ClFNS. The van der Waals surface area contributed by atoms with Crippen LogP contribution < -0.4 is 5.73 Å². The summed E-state index contributed by atoms with van der Waals surface area (Å²) >= 11 is 7.65. The van der Waals surface area contributed by atoms with Crippen molar-refractivity contribution in [1.82, 2.24) is 0 Å². The quantitative estimate of drug-likeness (QED) is 0.865. The minimum absolute atomic E-state index is 0.0214. The molecule has 0 heterocycles. The Bertz CT molecular complexity index is 299. The molecule has 84 valence electrons. The molecule has 1 atom stereocenters. The standard InChI is InChI=1S/C11H15ClFNS/c1-15-6-5-8(14)7-9-10(12)3-2-4-11(9)13/h2-4,8H,5-7,14H2,1H3. The Balaban J connectivity index is 2.63. The monoisotopic (exact) mass is 247 g/mol. The first-order valence-corrected chi connectivity index (χ1v) is 6.59. The molecule has 0 saturated carbocycles. The molecule has 0 aliphatic heterocycles. The minimum atomic E-state index is -0.262. The van der Waals surface area contributed by atoms with Crippen molar-refractivity contribution in [2.75, 3.05) is 12.0 Å². The van der Waals surface area contributed by atoms with Crippen molar-refractivity contribution in [3.05, 3.63) is 34.6 Å². The predicted molar refractivity (Wildman–Crippen MR) is 66.1 cm³/mol. The summed E-state index contributed by atoms with van der Waals surface area (Å²) in [6, 6.07) is 4.70. The van der Waals surface area contributed by atoms with Crippen molar-refractivity contribution >= 4 is 23.4 Å². The van der Waals surface area contributed by atoms with Crippen LogP contribution in [0.5, 0.6) is 0 Å². The molecule has 0 amide bonds. The first-order valence-electron chi connectivity index (χ1n) is 4.82. The zero-order valence-electron chi connectivity index (χ0n) is 8.67. The Hall–Kier alpha value is -0.250. The average molecular weight is 248 g/mol. The van der Waals surface area contributed by atoms with Crippen LogP contribution in [0, 0.1) is 5.82 Å². The largest absolute Gasteiger partial charge is 0.327 e. The second-order valence-electron chi connectivity index (χ2n) is 3.45. The van der Waals surface area contributed by atoms with E-state index in [4.69, 9.17) is 17.3 Å². The summed E-state index contributed by atoms with van der Waals surface area (Å²) in [6.45, 7) is 0. The van der Waals surface area contributed by atoms with Gasteiger partial charge in [-0.25, -0.2) is 4.39 Å². The summed E-state index contributed by atoms with van der Waals surface area (Å²) in [6.07, 6.45) is 3.42. The van der Waals surface area contributed by atoms with Gasteiger partial charge < -0.3 is 5.73 Å². The van der Waals surface area contributed by atoms with Crippen molar-refractivity contribution in [1.29, 1.82) is 0 Å². The molecule has 1 aromatic carbocycles. The lowest BCUT2D eigenvalue weighted by molar-refractivity contribution is 0.581. The van der Waals surface area contributed by atoms with E-state index in [-0.39, 0.29) is 11.9 Å². The molecule has 0 aliphatic rings. The molecule has 0 aliphatic carbocycles. The summed E-state index contributed by atoms with van der Waals surface area (Å²) in [4.78, 5) is 0. The Morgan fingerprint density at radius 2 is 2.27 bits per heavy atom. The molecule has 15 heavy (non-hydrogen) atoms. The fraction of sp³-hybridized carbons (Fsp3) is 0.455. The third-order valence-corrected chi connectivity index (χ3v) is 3.22. The fourth-order valence-corrected chi connectivity index (χ4v) is 2.14. The molecule has 4 heteroatoms. The Morgan fingerprint density at radius 3 is 2.87 bits per heavy atom. The van der Waals surface area contributed by atoms with Crippen LogP contribution in [0.1, 0.15) is 12.0 Å². The van der Waals surface area contributed by atoms with E-state index in [1.807, 2.05) is 6.26 Å². The van der Waals surface area contributed by atoms with Gasteiger partial charge in [-0.1, -0.05) is 17.7 Å². The lowest BCUT2D eigenvalue weighted by Crippen LogP contribution is -2.24. The second kappa shape index (κ2) is 6.36. The van der Waals surface area contributed by atoms with Crippen molar-refractivity contribution < 1.29 is 4.39 Å². The van der Waals surface area contributed by atoms with Gasteiger partial charge >= 0.3 is 0 Å². The zero-order valence-corrected chi connectivity index (χ0v) is 10.2. The van der Waals surface area contributed by atoms with E-state index in [1.54, 1.807) is 23.9 Å². The van der Waals surface area contributed by atoms with Crippen LogP contribution >= 0.6 is 23.4 Å². The van der Waals surface area contributed by atoms with Crippen molar-refractivity contribution in [3.8, 4) is 0 Å². The first kappa shape index (κ1) is 12.8. The van der Waals surface area contributed by atoms with E-state index in [1.165, 1.54) is 6.07 Å². The zero-order chi connectivity index (χ0) is 11.3. The Labute approximate surface area is 99.2 Å². The number of halogens is 2. The first-order chi connectivity index (χ1) is 7.15. The van der Waals surface area contributed by atoms with E-state index in [9.17, 15) is 4.39 Å². The molecular weight excluding hydrogens is 233 g/mol. The maximum absolute atomic E-state index is 13.4. The molecule has 0 radical (unpaired) electrons. The number of hydrogen-bond acceptors (Lipinski definition) is 2. The third kappa shape index (κ3) is 4.01. The summed E-state index contributed by atoms with van der Waals surface area (Å²) in [5.74, 6) is 0.731. The summed E-state index contributed by atoms with van der Waals surface area (Å²) in [5, 5.41) is 0.467. The highest BCUT2D eigenvalue weighted by Gasteiger charge is 2.11. The Morgan fingerprint density at radius 1 is 1.53 bits per heavy atom. The number of thioether (sulfide) groups is 1. The van der Waals surface area contributed by atoms with Gasteiger partial charge in [-0.2, -0.15) is 11.8 Å². The van der Waals surface area contributed by atoms with E-state index in [0.29, 0.717) is 17.0 Å². The summed E-state index contributed by atoms with van der Waals surface area (Å²) in [5.41, 5.74) is 6.43. The van der Waals surface area contributed by atoms with E-state index < -0.39 is 0 Å². The highest BCUT2D eigenvalue weighted by molar-refractivity contribution is 7.98. The average Bonchev–Trinajstić information content (AvgIpc) is 2.21. The van der Waals surface area contributed by atoms with Crippen LogP contribution in [-0.4, -0.2) is 18.1 Å². The normalized spacial score (nSPS) is 12.8. The van der Waals surface area contributed by atoms with Gasteiger partial charge in [0.05, 0.1) is 0 Å². The van der Waals surface area contributed by atoms with Crippen LogP contribution in [0.4, 0.5) is 4.39 Å². The van der Waals surface area contributed by atoms with Crippen LogP contribution in [-0.2, 0) is 6.42 Å². The summed E-state index contributed by atoms with van der Waals surface area (Å²) < 4.78 is 13.4. The fourth-order valence-electron chi connectivity index (χ4n) is 1.36. The molecule has 2 N–H and O–H groups in total. The van der Waals surface area contributed by atoms with Gasteiger partial charge in [-0.15, -0.1) is 0 Å². The van der Waals surface area contributed by atoms with E-state index in [2.05, 4.69) is 0 Å². The highest BCUT2D eigenvalue weighted by atomic mass is 35.5. The highest BCUT2D eigenvalue weighted by Crippen LogP contribution is 2.20. The molecule has 0 fully saturated rings. The molecule has 1 rings (SSSR count). The topological polar surface area (TPSA) is 26.0 Å². The van der Waals surface area contributed by atoms with Gasteiger partial charge in [-0.3, -0.25) is 0 Å². The van der Waals surface area contributed by atoms with Gasteiger partial charge in [0.1, 0.15) is 5.82 Å². The van der Waals surface area contributed by atoms with Crippen molar-refractivity contribution in [3.63, 3.8) is 0 Å². The molecule has 0 aromatic heterocycles. The van der Waals surface area contributed by atoms with Gasteiger partial charge in [0.2, 0.25) is 0 Å². The molecule has 0 saturated heterocycles. The van der Waals surface area contributed by atoms with Gasteiger partial charge in [-0.05, 0) is 37.0 Å². The number of benzene rings is 1. The number of rotatable bonds is 5. The predicted octanol–water partition coefficient (Wildman–Crippen LogP) is 3.10. The smallest absolute Gasteiger partial charge is 0.127 e. The maximum Gasteiger partial charge on any atom is 0.127 e. The lowest BCUT2D eigenvalue weighted by Gasteiger charge is -2.12. The Kier molecular flexibility index (Phi) is 5.43. The summed E-state index contributed by atoms with van der Waals surface area (Å²) in [7, 11) is 0. The van der Waals surface area contributed by atoms with E-state index in [0.717, 1.165) is 12.2 Å². The second-order valence-corrected chi connectivity index (χ2v) is 4.84.